The number of alkyl halides is 6. The molecule has 0 radical (unpaired) electrons. The second-order valence-electron chi connectivity index (χ2n) is 11.1. The Morgan fingerprint density at radius 3 is 2.10 bits per heavy atom. The smallest absolute Gasteiger partial charge is 0.406 e. The molecule has 3 aliphatic rings. The molecule has 218 valence electrons. The molecule has 1 N–H and O–H groups in total. The fourth-order valence-corrected chi connectivity index (χ4v) is 6.11. The lowest BCUT2D eigenvalue weighted by molar-refractivity contribution is -0.274. The Balaban J connectivity index is 1.65. The van der Waals surface area contributed by atoms with Crippen LogP contribution in [0.1, 0.15) is 33.6 Å². The molecule has 7 nitrogen and oxygen atoms in total. The first-order chi connectivity index (χ1) is 19.0. The Kier molecular flexibility index (Phi) is 6.52. The largest absolute Gasteiger partial charge is 0.573 e. The Morgan fingerprint density at radius 1 is 0.927 bits per heavy atom. The number of anilines is 2. The van der Waals surface area contributed by atoms with E-state index in [1.54, 1.807) is 32.0 Å². The highest BCUT2D eigenvalue weighted by atomic mass is 19.4. The highest BCUT2D eigenvalue weighted by molar-refractivity contribution is 6.19. The second kappa shape index (κ2) is 9.33. The van der Waals surface area contributed by atoms with Gasteiger partial charge in [0.15, 0.2) is 17.4 Å². The minimum absolute atomic E-state index is 0.00404. The van der Waals surface area contributed by atoms with E-state index in [-0.39, 0.29) is 35.6 Å². The van der Waals surface area contributed by atoms with Crippen molar-refractivity contribution in [2.75, 3.05) is 9.91 Å². The van der Waals surface area contributed by atoms with E-state index in [1.807, 2.05) is 0 Å². The molecule has 2 aliphatic heterocycles. The standard InChI is InChI=1S/C28H25F6N3O4/c1-15-21(23(39)37(35-15)17-9-11-18(12-10-17)41-28(32,33)34)26(27(29,30)31)22-19(13-25(2,3)14-20(22)38)36(24(26)40)16-7-5-4-6-8-16/h4-12,21,23,39H,13-14H2,1-3H3. The quantitative estimate of drug-likeness (QED) is 0.451. The lowest BCUT2D eigenvalue weighted by Crippen LogP contribution is -2.59. The molecule has 2 aromatic rings. The number of hydrogen-bond acceptors (Lipinski definition) is 6. The maximum absolute atomic E-state index is 15.5. The summed E-state index contributed by atoms with van der Waals surface area (Å²) in [6, 6.07) is 11.6. The van der Waals surface area contributed by atoms with Gasteiger partial charge in [0, 0.05) is 29.1 Å². The maximum Gasteiger partial charge on any atom is 0.573 e. The first-order valence-corrected chi connectivity index (χ1v) is 12.6. The molecule has 0 saturated heterocycles. The molecule has 0 aromatic heterocycles. The van der Waals surface area contributed by atoms with Crippen molar-refractivity contribution < 1.29 is 45.8 Å². The molecule has 3 atom stereocenters. The number of carbonyl (C=O) groups is 2. The number of ketones is 1. The number of amides is 1. The molecule has 5 rings (SSSR count). The molecule has 41 heavy (non-hydrogen) atoms. The van der Waals surface area contributed by atoms with Gasteiger partial charge in [0.2, 0.25) is 0 Å². The summed E-state index contributed by atoms with van der Waals surface area (Å²) in [6.07, 6.45) is -12.7. The average Bonchev–Trinajstić information content (AvgIpc) is 3.28. The van der Waals surface area contributed by atoms with Crippen LogP contribution in [0, 0.1) is 16.7 Å². The van der Waals surface area contributed by atoms with Crippen LogP contribution >= 0.6 is 0 Å². The normalized spacial score (nSPS) is 26.4. The van der Waals surface area contributed by atoms with Gasteiger partial charge in [0.25, 0.3) is 5.91 Å². The number of hydrazone groups is 1. The van der Waals surface area contributed by atoms with Crippen LogP contribution in [-0.2, 0) is 9.59 Å². The average molecular weight is 582 g/mol. The zero-order chi connectivity index (χ0) is 30.1. The summed E-state index contributed by atoms with van der Waals surface area (Å²) < 4.78 is 88.0. The third-order valence-electron chi connectivity index (χ3n) is 7.58. The van der Waals surface area contributed by atoms with Crippen LogP contribution in [0.5, 0.6) is 5.75 Å². The van der Waals surface area contributed by atoms with Gasteiger partial charge in [-0.1, -0.05) is 32.0 Å². The van der Waals surface area contributed by atoms with Gasteiger partial charge in [0.1, 0.15) is 5.75 Å². The molecule has 3 unspecified atom stereocenters. The van der Waals surface area contributed by atoms with Gasteiger partial charge in [-0.25, -0.2) is 5.01 Å². The molecule has 0 saturated carbocycles. The topological polar surface area (TPSA) is 82.4 Å². The number of halogens is 6. The molecule has 0 fully saturated rings. The van der Waals surface area contributed by atoms with Crippen molar-refractivity contribution in [3.8, 4) is 5.75 Å². The highest BCUT2D eigenvalue weighted by Gasteiger charge is 2.76. The second-order valence-corrected chi connectivity index (χ2v) is 11.1. The van der Waals surface area contributed by atoms with Gasteiger partial charge in [0.05, 0.1) is 11.6 Å². The predicted molar refractivity (Wildman–Crippen MR) is 136 cm³/mol. The van der Waals surface area contributed by atoms with Crippen molar-refractivity contribution in [3.63, 3.8) is 0 Å². The van der Waals surface area contributed by atoms with Crippen molar-refractivity contribution in [2.45, 2.75) is 52.4 Å². The summed E-state index contributed by atoms with van der Waals surface area (Å²) in [5.41, 5.74) is -5.19. The molecular weight excluding hydrogens is 556 g/mol. The van der Waals surface area contributed by atoms with E-state index in [0.717, 1.165) is 34.2 Å². The number of para-hydroxylation sites is 1. The summed E-state index contributed by atoms with van der Waals surface area (Å²) in [5.74, 6) is -4.91. The van der Waals surface area contributed by atoms with Crippen molar-refractivity contribution in [3.05, 3.63) is 65.9 Å². The minimum atomic E-state index is -5.34. The van der Waals surface area contributed by atoms with E-state index in [4.69, 9.17) is 0 Å². The molecular formula is C28H25F6N3O4. The van der Waals surface area contributed by atoms with Crippen LogP contribution in [0.2, 0.25) is 0 Å². The molecule has 0 spiro atoms. The molecule has 13 heteroatoms. The van der Waals surface area contributed by atoms with E-state index < -0.39 is 58.5 Å². The van der Waals surface area contributed by atoms with Gasteiger partial charge in [-0.15, -0.1) is 13.2 Å². The number of rotatable bonds is 4. The fraction of sp³-hybridized carbons (Fsp3) is 0.393. The summed E-state index contributed by atoms with van der Waals surface area (Å²) in [7, 11) is 0. The van der Waals surface area contributed by atoms with E-state index in [9.17, 15) is 27.9 Å². The third-order valence-corrected chi connectivity index (χ3v) is 7.58. The predicted octanol–water partition coefficient (Wildman–Crippen LogP) is 5.95. The Morgan fingerprint density at radius 2 is 1.54 bits per heavy atom. The van der Waals surface area contributed by atoms with Crippen LogP contribution in [0.25, 0.3) is 0 Å². The monoisotopic (exact) mass is 581 g/mol. The van der Waals surface area contributed by atoms with Gasteiger partial charge >= 0.3 is 12.5 Å². The Hall–Kier alpha value is -3.87. The number of nitrogens with zero attached hydrogens (tertiary/aromatic N) is 3. The van der Waals surface area contributed by atoms with E-state index in [2.05, 4.69) is 9.84 Å². The van der Waals surface area contributed by atoms with E-state index >= 15 is 13.2 Å². The number of ether oxygens (including phenoxy) is 1. The van der Waals surface area contributed by atoms with Gasteiger partial charge in [-0.2, -0.15) is 18.3 Å². The SMILES string of the molecule is CC1=NN(c2ccc(OC(F)(F)F)cc2)C(O)C1C1(C(F)(F)F)C(=O)N(c2ccccc2)C2=C1C(=O)CC(C)(C)C2. The number of Topliss-reactive ketones (excluding diaryl/α,β-unsaturated/α-hetero) is 1. The van der Waals surface area contributed by atoms with Crippen LogP contribution < -0.4 is 14.6 Å². The van der Waals surface area contributed by atoms with Crippen molar-refractivity contribution in [1.82, 2.24) is 0 Å². The van der Waals surface area contributed by atoms with Crippen LogP contribution in [-0.4, -0.2) is 41.3 Å². The van der Waals surface area contributed by atoms with E-state index in [0.29, 0.717) is 0 Å². The summed E-state index contributed by atoms with van der Waals surface area (Å²) in [5, 5.41) is 16.2. The van der Waals surface area contributed by atoms with Crippen molar-refractivity contribution in [2.24, 2.45) is 21.8 Å². The van der Waals surface area contributed by atoms with Crippen LogP contribution in [0.3, 0.4) is 0 Å². The summed E-state index contributed by atoms with van der Waals surface area (Å²) >= 11 is 0. The molecule has 1 amide bonds. The van der Waals surface area contributed by atoms with E-state index in [1.165, 1.54) is 19.1 Å². The Labute approximate surface area is 230 Å². The number of benzene rings is 2. The number of carbonyl (C=O) groups excluding carboxylic acids is 2. The zero-order valence-electron chi connectivity index (χ0n) is 22.0. The van der Waals surface area contributed by atoms with Crippen LogP contribution in [0.15, 0.2) is 71.0 Å². The van der Waals surface area contributed by atoms with Crippen LogP contribution in [0.4, 0.5) is 37.7 Å². The fourth-order valence-electron chi connectivity index (χ4n) is 6.11. The van der Waals surface area contributed by atoms with Gasteiger partial charge in [-0.3, -0.25) is 14.5 Å². The summed E-state index contributed by atoms with van der Waals surface area (Å²) in [4.78, 5) is 28.7. The number of hydrogen-bond donors (Lipinski definition) is 1. The van der Waals surface area contributed by atoms with Crippen molar-refractivity contribution in [1.29, 1.82) is 0 Å². The maximum atomic E-state index is 15.5. The van der Waals surface area contributed by atoms with Gasteiger partial charge in [-0.05, 0) is 55.2 Å². The first-order valence-electron chi connectivity index (χ1n) is 12.6. The Bertz CT molecular complexity index is 1450. The molecule has 0 bridgehead atoms. The number of aliphatic hydroxyl groups is 1. The highest BCUT2D eigenvalue weighted by Crippen LogP contribution is 2.62. The molecule has 2 heterocycles. The third kappa shape index (κ3) is 4.55. The zero-order valence-corrected chi connectivity index (χ0v) is 22.0. The number of allylic oxidation sites excluding steroid dienone is 1. The lowest BCUT2D eigenvalue weighted by atomic mass is 9.62. The molecule has 2 aromatic carbocycles. The summed E-state index contributed by atoms with van der Waals surface area (Å²) in [6.45, 7) is 4.65. The number of aliphatic hydroxyl groups excluding tert-OH is 1. The molecule has 1 aliphatic carbocycles. The van der Waals surface area contributed by atoms with Gasteiger partial charge < -0.3 is 9.84 Å². The minimum Gasteiger partial charge on any atom is -0.406 e. The van der Waals surface area contributed by atoms with Crippen molar-refractivity contribution >= 4 is 28.8 Å². The first kappa shape index (κ1) is 28.7. The lowest BCUT2D eigenvalue weighted by Gasteiger charge is -2.40.